The maximum atomic E-state index is 13.3. The van der Waals surface area contributed by atoms with Gasteiger partial charge in [0.25, 0.3) is 15.9 Å². The van der Waals surface area contributed by atoms with Gasteiger partial charge in [-0.25, -0.2) is 17.2 Å². The molecule has 1 amide bonds. The maximum absolute atomic E-state index is 13.3. The second-order valence-electron chi connectivity index (χ2n) is 6.75. The minimum absolute atomic E-state index is 0.181. The lowest BCUT2D eigenvalue weighted by Crippen LogP contribution is -2.14. The Kier molecular flexibility index (Phi) is 5.69. The molecule has 0 atom stereocenters. The van der Waals surface area contributed by atoms with Crippen molar-refractivity contribution in [3.63, 3.8) is 0 Å². The van der Waals surface area contributed by atoms with E-state index in [9.17, 15) is 22.0 Å². The number of aromatic nitrogens is 2. The molecular formula is C22H16F2N4O3S. The third kappa shape index (κ3) is 4.65. The highest BCUT2D eigenvalue weighted by atomic mass is 32.2. The van der Waals surface area contributed by atoms with Crippen LogP contribution in [0.1, 0.15) is 10.5 Å². The molecule has 32 heavy (non-hydrogen) atoms. The van der Waals surface area contributed by atoms with Gasteiger partial charge in [0.05, 0.1) is 10.6 Å². The van der Waals surface area contributed by atoms with E-state index >= 15 is 0 Å². The molecule has 3 N–H and O–H groups in total. The number of nitrogens with one attached hydrogen (secondary N) is 3. The van der Waals surface area contributed by atoms with Crippen LogP contribution in [0.5, 0.6) is 0 Å². The van der Waals surface area contributed by atoms with Crippen molar-refractivity contribution in [2.75, 3.05) is 10.0 Å². The highest BCUT2D eigenvalue weighted by molar-refractivity contribution is 7.92. The van der Waals surface area contributed by atoms with Crippen molar-refractivity contribution < 1.29 is 22.0 Å². The zero-order chi connectivity index (χ0) is 22.7. The van der Waals surface area contributed by atoms with E-state index in [2.05, 4.69) is 20.2 Å². The Balaban J connectivity index is 1.43. The smallest absolute Gasteiger partial charge is 0.273 e. The molecule has 0 fully saturated rings. The maximum Gasteiger partial charge on any atom is 0.273 e. The summed E-state index contributed by atoms with van der Waals surface area (Å²) < 4.78 is 53.4. The van der Waals surface area contributed by atoms with Crippen LogP contribution in [0.15, 0.2) is 83.8 Å². The minimum atomic E-state index is -4.11. The lowest BCUT2D eigenvalue weighted by Gasteiger charge is -2.09. The minimum Gasteiger partial charge on any atom is -0.321 e. The van der Waals surface area contributed by atoms with Gasteiger partial charge in [0.15, 0.2) is 11.6 Å². The molecule has 3 aromatic carbocycles. The van der Waals surface area contributed by atoms with Crippen LogP contribution in [-0.4, -0.2) is 24.5 Å². The Labute approximate surface area is 182 Å². The number of anilines is 2. The molecule has 0 unspecified atom stereocenters. The zero-order valence-electron chi connectivity index (χ0n) is 16.3. The van der Waals surface area contributed by atoms with Crippen LogP contribution in [0.25, 0.3) is 11.3 Å². The van der Waals surface area contributed by atoms with Crippen LogP contribution in [0, 0.1) is 11.6 Å². The molecule has 1 heterocycles. The topological polar surface area (TPSA) is 104 Å². The van der Waals surface area contributed by atoms with Gasteiger partial charge in [-0.3, -0.25) is 14.6 Å². The Morgan fingerprint density at radius 3 is 2.22 bits per heavy atom. The number of carbonyl (C=O) groups is 1. The van der Waals surface area contributed by atoms with Gasteiger partial charge < -0.3 is 5.32 Å². The number of hydrogen-bond donors (Lipinski definition) is 3. The lowest BCUT2D eigenvalue weighted by molar-refractivity contribution is 0.102. The normalized spacial score (nSPS) is 11.2. The summed E-state index contributed by atoms with van der Waals surface area (Å²) in [5.41, 5.74) is 2.34. The number of carbonyl (C=O) groups excluding carboxylic acids is 1. The van der Waals surface area contributed by atoms with E-state index in [0.29, 0.717) is 17.4 Å². The summed E-state index contributed by atoms with van der Waals surface area (Å²) in [6.45, 7) is 0. The number of H-pyrrole nitrogens is 1. The molecule has 4 aromatic rings. The summed E-state index contributed by atoms with van der Waals surface area (Å²) in [7, 11) is -4.11. The number of aromatic amines is 1. The molecule has 162 valence electrons. The first-order valence-electron chi connectivity index (χ1n) is 9.32. The van der Waals surface area contributed by atoms with Crippen LogP contribution < -0.4 is 10.0 Å². The van der Waals surface area contributed by atoms with E-state index in [1.54, 1.807) is 6.07 Å². The largest absolute Gasteiger partial charge is 0.321 e. The van der Waals surface area contributed by atoms with Crippen molar-refractivity contribution >= 4 is 27.3 Å². The molecule has 10 heteroatoms. The molecule has 0 aliphatic heterocycles. The van der Waals surface area contributed by atoms with Crippen molar-refractivity contribution in [2.24, 2.45) is 0 Å². The monoisotopic (exact) mass is 454 g/mol. The van der Waals surface area contributed by atoms with Crippen LogP contribution in [0.3, 0.4) is 0 Å². The molecule has 7 nitrogen and oxygen atoms in total. The molecule has 0 saturated carbocycles. The molecule has 0 saturated heterocycles. The van der Waals surface area contributed by atoms with E-state index in [0.717, 1.165) is 17.7 Å². The van der Waals surface area contributed by atoms with Gasteiger partial charge in [-0.05, 0) is 48.5 Å². The molecule has 0 spiro atoms. The molecule has 0 radical (unpaired) electrons. The van der Waals surface area contributed by atoms with Crippen molar-refractivity contribution in [3.8, 4) is 11.3 Å². The fourth-order valence-corrected chi connectivity index (χ4v) is 3.94. The average Bonchev–Trinajstić information content (AvgIpc) is 3.28. The van der Waals surface area contributed by atoms with Crippen LogP contribution in [-0.2, 0) is 10.0 Å². The van der Waals surface area contributed by atoms with E-state index in [-0.39, 0.29) is 11.4 Å². The molecule has 0 aliphatic rings. The van der Waals surface area contributed by atoms with Gasteiger partial charge in [-0.1, -0.05) is 30.3 Å². The SMILES string of the molecule is O=C(Nc1ccc(NS(=O)(=O)c2ccc(F)c(F)c2)cc1)c1cc(-c2ccccc2)n[nH]1. The Hall–Kier alpha value is -4.05. The van der Waals surface area contributed by atoms with Crippen LogP contribution >= 0.6 is 0 Å². The predicted octanol–water partition coefficient (Wildman–Crippen LogP) is 4.41. The first-order chi connectivity index (χ1) is 15.3. The Morgan fingerprint density at radius 2 is 1.53 bits per heavy atom. The summed E-state index contributed by atoms with van der Waals surface area (Å²) in [4.78, 5) is 12.0. The standard InChI is InChI=1S/C22H16F2N4O3S/c23-18-11-10-17(12-19(18)24)32(30,31)28-16-8-6-15(7-9-16)25-22(29)21-13-20(26-27-21)14-4-2-1-3-5-14/h1-13,28H,(H,25,29)(H,26,27). The Bertz CT molecular complexity index is 1370. The predicted molar refractivity (Wildman–Crippen MR) is 116 cm³/mol. The number of halogens is 2. The van der Waals surface area contributed by atoms with Gasteiger partial charge in [-0.2, -0.15) is 5.10 Å². The molecular weight excluding hydrogens is 438 g/mol. The van der Waals surface area contributed by atoms with E-state index in [1.807, 2.05) is 30.3 Å². The van der Waals surface area contributed by atoms with Crippen molar-refractivity contribution in [1.29, 1.82) is 0 Å². The summed E-state index contributed by atoms with van der Waals surface area (Å²) in [5, 5.41) is 9.49. The number of benzene rings is 3. The molecule has 0 aliphatic carbocycles. The summed E-state index contributed by atoms with van der Waals surface area (Å²) in [5.74, 6) is -2.83. The lowest BCUT2D eigenvalue weighted by atomic mass is 10.1. The van der Waals surface area contributed by atoms with Crippen LogP contribution in [0.4, 0.5) is 20.2 Å². The van der Waals surface area contributed by atoms with Gasteiger partial charge in [0.1, 0.15) is 5.69 Å². The van der Waals surface area contributed by atoms with E-state index in [4.69, 9.17) is 0 Å². The second-order valence-corrected chi connectivity index (χ2v) is 8.43. The summed E-state index contributed by atoms with van der Waals surface area (Å²) >= 11 is 0. The number of rotatable bonds is 6. The average molecular weight is 454 g/mol. The summed E-state index contributed by atoms with van der Waals surface area (Å²) in [6.07, 6.45) is 0. The number of sulfonamides is 1. The van der Waals surface area contributed by atoms with Crippen molar-refractivity contribution in [2.45, 2.75) is 4.90 Å². The van der Waals surface area contributed by atoms with Crippen molar-refractivity contribution in [1.82, 2.24) is 10.2 Å². The number of nitrogens with zero attached hydrogens (tertiary/aromatic N) is 1. The fraction of sp³-hybridized carbons (Fsp3) is 0. The van der Waals surface area contributed by atoms with Gasteiger partial charge in [0.2, 0.25) is 0 Å². The van der Waals surface area contributed by atoms with Crippen molar-refractivity contribution in [3.05, 3.63) is 96.2 Å². The molecule has 0 bridgehead atoms. The van der Waals surface area contributed by atoms with E-state index in [1.165, 1.54) is 24.3 Å². The highest BCUT2D eigenvalue weighted by Gasteiger charge is 2.17. The quantitative estimate of drug-likeness (QED) is 0.402. The van der Waals surface area contributed by atoms with Crippen LogP contribution in [0.2, 0.25) is 0 Å². The third-order valence-electron chi connectivity index (χ3n) is 4.49. The van der Waals surface area contributed by atoms with Gasteiger partial charge in [-0.15, -0.1) is 0 Å². The zero-order valence-corrected chi connectivity index (χ0v) is 17.2. The first-order valence-corrected chi connectivity index (χ1v) is 10.8. The van der Waals surface area contributed by atoms with E-state index < -0.39 is 32.5 Å². The second kappa shape index (κ2) is 8.60. The highest BCUT2D eigenvalue weighted by Crippen LogP contribution is 2.21. The third-order valence-corrected chi connectivity index (χ3v) is 5.87. The van der Waals surface area contributed by atoms with Gasteiger partial charge >= 0.3 is 0 Å². The summed E-state index contributed by atoms with van der Waals surface area (Å²) in [6, 6.07) is 19.1. The Morgan fingerprint density at radius 1 is 0.844 bits per heavy atom. The first kappa shape index (κ1) is 21.2. The number of hydrogen-bond acceptors (Lipinski definition) is 4. The van der Waals surface area contributed by atoms with Gasteiger partial charge in [0, 0.05) is 16.9 Å². The fourth-order valence-electron chi connectivity index (χ4n) is 2.87. The molecule has 4 rings (SSSR count). The molecule has 1 aromatic heterocycles. The number of amides is 1.